The van der Waals surface area contributed by atoms with Gasteiger partial charge < -0.3 is 5.32 Å². The molecule has 3 aromatic heterocycles. The number of aromatic nitrogens is 5. The van der Waals surface area contributed by atoms with Crippen molar-refractivity contribution >= 4 is 17.6 Å². The molecule has 0 radical (unpaired) electrons. The third-order valence-corrected chi connectivity index (χ3v) is 8.10. The predicted octanol–water partition coefficient (Wildman–Crippen LogP) is 2.96. The largest absolute Gasteiger partial charge is 0.348 e. The fraction of sp³-hybridized carbons (Fsp3) is 0.444. The second-order valence-corrected chi connectivity index (χ2v) is 10.6. The van der Waals surface area contributed by atoms with Crippen LogP contribution >= 0.6 is 0 Å². The predicted molar refractivity (Wildman–Crippen MR) is 134 cm³/mol. The number of hydrogen-bond donors (Lipinski definition) is 1. The molecular weight excluding hydrogens is 487 g/mol. The van der Waals surface area contributed by atoms with Gasteiger partial charge in [-0.3, -0.25) is 19.5 Å². The van der Waals surface area contributed by atoms with Crippen LogP contribution in [0.4, 0.5) is 10.2 Å². The SMILES string of the molecule is Cc1ccc(C#N)c(C2CC(NC(=O)c3cn(C(C)c4cnc(N5C[C@H]6C[C@H]6C5=O)c(F)c4C)nn3)C2)n1. The molecule has 11 heteroatoms. The van der Waals surface area contributed by atoms with Crippen LogP contribution in [0.1, 0.15) is 76.7 Å². The lowest BCUT2D eigenvalue weighted by atomic mass is 9.76. The van der Waals surface area contributed by atoms with Crippen molar-refractivity contribution in [2.75, 3.05) is 11.4 Å². The molecule has 6 rings (SSSR count). The van der Waals surface area contributed by atoms with Crippen LogP contribution in [0.2, 0.25) is 0 Å². The van der Waals surface area contributed by atoms with Crippen LogP contribution in [0.5, 0.6) is 0 Å². The quantitative estimate of drug-likeness (QED) is 0.535. The van der Waals surface area contributed by atoms with Crippen molar-refractivity contribution in [1.82, 2.24) is 30.3 Å². The minimum absolute atomic E-state index is 0.0230. The summed E-state index contributed by atoms with van der Waals surface area (Å²) in [5.74, 6) is -0.350. The number of hydrogen-bond acceptors (Lipinski definition) is 7. The maximum atomic E-state index is 15.3. The lowest BCUT2D eigenvalue weighted by Gasteiger charge is -2.35. The number of pyridine rings is 2. The molecule has 1 aliphatic heterocycles. The van der Waals surface area contributed by atoms with Crippen LogP contribution in [-0.2, 0) is 4.79 Å². The summed E-state index contributed by atoms with van der Waals surface area (Å²) in [6.45, 7) is 5.90. The maximum Gasteiger partial charge on any atom is 0.273 e. The van der Waals surface area contributed by atoms with E-state index in [0.29, 0.717) is 42.0 Å². The number of piperidine rings is 1. The second kappa shape index (κ2) is 8.97. The summed E-state index contributed by atoms with van der Waals surface area (Å²) in [6.07, 6.45) is 5.38. The van der Waals surface area contributed by atoms with E-state index in [1.54, 1.807) is 19.2 Å². The van der Waals surface area contributed by atoms with Gasteiger partial charge in [0.1, 0.15) is 6.07 Å². The van der Waals surface area contributed by atoms with Crippen molar-refractivity contribution < 1.29 is 14.0 Å². The molecule has 0 bridgehead atoms. The Hall–Kier alpha value is -4.20. The van der Waals surface area contributed by atoms with Gasteiger partial charge >= 0.3 is 0 Å². The van der Waals surface area contributed by atoms with Crippen LogP contribution < -0.4 is 10.2 Å². The number of nitriles is 1. The first-order valence-corrected chi connectivity index (χ1v) is 12.8. The second-order valence-electron chi connectivity index (χ2n) is 10.6. The van der Waals surface area contributed by atoms with Gasteiger partial charge in [0, 0.05) is 41.9 Å². The number of carbonyl (C=O) groups excluding carboxylic acids is 2. The molecule has 38 heavy (non-hydrogen) atoms. The van der Waals surface area contributed by atoms with Crippen molar-refractivity contribution in [3.8, 4) is 6.07 Å². The average Bonchev–Trinajstić information content (AvgIpc) is 3.33. The monoisotopic (exact) mass is 514 g/mol. The number of halogens is 1. The van der Waals surface area contributed by atoms with Crippen LogP contribution in [-0.4, -0.2) is 49.4 Å². The van der Waals surface area contributed by atoms with E-state index < -0.39 is 11.9 Å². The fourth-order valence-corrected chi connectivity index (χ4v) is 5.57. The summed E-state index contributed by atoms with van der Waals surface area (Å²) in [4.78, 5) is 35.5. The van der Waals surface area contributed by atoms with Crippen LogP contribution in [0.25, 0.3) is 0 Å². The van der Waals surface area contributed by atoms with E-state index >= 15 is 4.39 Å². The highest BCUT2D eigenvalue weighted by Gasteiger charge is 2.53. The number of nitrogens with one attached hydrogen (secondary N) is 1. The van der Waals surface area contributed by atoms with E-state index in [1.807, 2.05) is 19.9 Å². The Morgan fingerprint density at radius 3 is 2.76 bits per heavy atom. The number of nitrogens with zero attached hydrogens (tertiary/aromatic N) is 7. The van der Waals surface area contributed by atoms with Gasteiger partial charge in [-0.2, -0.15) is 5.26 Å². The Morgan fingerprint density at radius 2 is 2.05 bits per heavy atom. The summed E-state index contributed by atoms with van der Waals surface area (Å²) in [6, 6.07) is 5.33. The van der Waals surface area contributed by atoms with Gasteiger partial charge in [0.25, 0.3) is 5.91 Å². The number of amides is 2. The van der Waals surface area contributed by atoms with Gasteiger partial charge in [0.2, 0.25) is 5.91 Å². The molecule has 1 saturated heterocycles. The molecule has 0 spiro atoms. The molecule has 1 N–H and O–H groups in total. The van der Waals surface area contributed by atoms with Gasteiger partial charge in [-0.05, 0) is 63.6 Å². The van der Waals surface area contributed by atoms with E-state index in [9.17, 15) is 14.9 Å². The Kier molecular flexibility index (Phi) is 5.70. The van der Waals surface area contributed by atoms with Crippen molar-refractivity contribution in [1.29, 1.82) is 5.26 Å². The molecule has 10 nitrogen and oxygen atoms in total. The Balaban J connectivity index is 1.11. The van der Waals surface area contributed by atoms with Gasteiger partial charge in [0.05, 0.1) is 23.5 Å². The average molecular weight is 515 g/mol. The van der Waals surface area contributed by atoms with E-state index in [4.69, 9.17) is 0 Å². The molecule has 1 unspecified atom stereocenters. The molecule has 3 atom stereocenters. The summed E-state index contributed by atoms with van der Waals surface area (Å²) in [5.41, 5.74) is 3.36. The normalized spacial score (nSPS) is 24.4. The highest BCUT2D eigenvalue weighted by molar-refractivity contribution is 5.99. The van der Waals surface area contributed by atoms with Gasteiger partial charge in [-0.25, -0.2) is 14.1 Å². The van der Waals surface area contributed by atoms with Gasteiger partial charge in [-0.15, -0.1) is 5.10 Å². The van der Waals surface area contributed by atoms with E-state index in [-0.39, 0.29) is 41.2 Å². The molecule has 3 aromatic rings. The molecule has 2 amide bonds. The Labute approximate surface area is 218 Å². The minimum Gasteiger partial charge on any atom is -0.348 e. The minimum atomic E-state index is -0.510. The maximum absolute atomic E-state index is 15.3. The molecule has 0 aromatic carbocycles. The number of aryl methyl sites for hydroxylation is 1. The smallest absolute Gasteiger partial charge is 0.273 e. The molecule has 3 aliphatic rings. The van der Waals surface area contributed by atoms with Gasteiger partial charge in [0.15, 0.2) is 17.3 Å². The highest BCUT2D eigenvalue weighted by atomic mass is 19.1. The first-order chi connectivity index (χ1) is 18.2. The zero-order chi connectivity index (χ0) is 26.7. The number of fused-ring (bicyclic) bond motifs is 1. The lowest BCUT2D eigenvalue weighted by molar-refractivity contribution is -0.118. The number of anilines is 1. The summed E-state index contributed by atoms with van der Waals surface area (Å²) in [5, 5.41) is 20.5. The first-order valence-electron chi connectivity index (χ1n) is 12.8. The third-order valence-electron chi connectivity index (χ3n) is 8.10. The molecule has 4 heterocycles. The summed E-state index contributed by atoms with van der Waals surface area (Å²) in [7, 11) is 0. The van der Waals surface area contributed by atoms with Crippen molar-refractivity contribution in [3.63, 3.8) is 0 Å². The summed E-state index contributed by atoms with van der Waals surface area (Å²) >= 11 is 0. The van der Waals surface area contributed by atoms with Crippen molar-refractivity contribution in [2.45, 2.75) is 58.0 Å². The Morgan fingerprint density at radius 1 is 1.26 bits per heavy atom. The van der Waals surface area contributed by atoms with E-state index in [1.165, 1.54) is 15.8 Å². The molecule has 194 valence electrons. The highest BCUT2D eigenvalue weighted by Crippen LogP contribution is 2.47. The fourth-order valence-electron chi connectivity index (χ4n) is 5.57. The number of rotatable bonds is 6. The Bertz CT molecular complexity index is 1510. The van der Waals surface area contributed by atoms with Crippen molar-refractivity contribution in [2.24, 2.45) is 11.8 Å². The van der Waals surface area contributed by atoms with Crippen molar-refractivity contribution in [3.05, 3.63) is 64.1 Å². The standard InChI is InChI=1S/C27H27FN8O2/c1-13-4-5-16(9-29)24(31-13)17-6-19(7-17)32-26(37)22-12-36(34-33-22)15(3)21-10-30-25(23(28)14(21)2)35-11-18-8-20(18)27(35)38/h4-5,10,12,15,17-20H,6-8,11H2,1-3H3,(H,32,37)/t15?,17?,18-,19?,20-/m1/s1. The number of carbonyl (C=O) groups is 2. The van der Waals surface area contributed by atoms with E-state index in [2.05, 4.69) is 31.7 Å². The molecular formula is C27H27FN8O2. The molecule has 3 fully saturated rings. The van der Waals surface area contributed by atoms with Crippen LogP contribution in [0.15, 0.2) is 24.5 Å². The topological polar surface area (TPSA) is 130 Å². The van der Waals surface area contributed by atoms with Gasteiger partial charge in [-0.1, -0.05) is 5.21 Å². The lowest BCUT2D eigenvalue weighted by Crippen LogP contribution is -2.43. The molecule has 2 saturated carbocycles. The van der Waals surface area contributed by atoms with Crippen LogP contribution in [0, 0.1) is 42.8 Å². The molecule has 2 aliphatic carbocycles. The van der Waals surface area contributed by atoms with Crippen LogP contribution in [0.3, 0.4) is 0 Å². The first kappa shape index (κ1) is 24.2. The third kappa shape index (κ3) is 4.00. The summed E-state index contributed by atoms with van der Waals surface area (Å²) < 4.78 is 16.8. The van der Waals surface area contributed by atoms with E-state index in [0.717, 1.165) is 17.8 Å². The zero-order valence-electron chi connectivity index (χ0n) is 21.3. The zero-order valence-corrected chi connectivity index (χ0v) is 21.3.